The van der Waals surface area contributed by atoms with E-state index in [4.69, 9.17) is 4.74 Å². The number of aromatic amines is 1. The molecule has 1 aromatic heterocycles. The van der Waals surface area contributed by atoms with Crippen molar-refractivity contribution in [2.24, 2.45) is 0 Å². The first kappa shape index (κ1) is 16.8. The molecular weight excluding hydrogens is 332 g/mol. The van der Waals surface area contributed by atoms with E-state index in [9.17, 15) is 9.59 Å². The Bertz CT molecular complexity index is 860. The van der Waals surface area contributed by atoms with E-state index in [-0.39, 0.29) is 24.0 Å². The van der Waals surface area contributed by atoms with Crippen molar-refractivity contribution in [1.29, 1.82) is 0 Å². The fraction of sp³-hybridized carbons (Fsp3) is 0.421. The normalized spacial score (nSPS) is 21.9. The van der Waals surface area contributed by atoms with Gasteiger partial charge in [-0.25, -0.2) is 0 Å². The molecule has 1 saturated heterocycles. The van der Waals surface area contributed by atoms with Crippen LogP contribution in [-0.2, 0) is 22.5 Å². The van der Waals surface area contributed by atoms with Gasteiger partial charge in [-0.05, 0) is 31.5 Å². The predicted octanol–water partition coefficient (Wildman–Crippen LogP) is 2.10. The number of amides is 2. The fourth-order valence-corrected chi connectivity index (χ4v) is 3.55. The number of fused-ring (bicyclic) bond motifs is 1. The van der Waals surface area contributed by atoms with Crippen LogP contribution in [0.3, 0.4) is 0 Å². The van der Waals surface area contributed by atoms with Crippen LogP contribution >= 0.6 is 0 Å². The minimum Gasteiger partial charge on any atom is -0.369 e. The molecule has 1 fully saturated rings. The second-order valence-corrected chi connectivity index (χ2v) is 6.91. The first-order valence-corrected chi connectivity index (χ1v) is 8.93. The van der Waals surface area contributed by atoms with Crippen LogP contribution in [0.15, 0.2) is 24.3 Å². The Labute approximate surface area is 151 Å². The summed E-state index contributed by atoms with van der Waals surface area (Å²) in [6.45, 7) is 5.10. The lowest BCUT2D eigenvalue weighted by molar-refractivity contribution is -0.122. The summed E-state index contributed by atoms with van der Waals surface area (Å²) in [5.74, 6) is -0.0611. The summed E-state index contributed by atoms with van der Waals surface area (Å²) in [6.07, 6.45) is 1.25. The van der Waals surface area contributed by atoms with Gasteiger partial charge >= 0.3 is 0 Å². The summed E-state index contributed by atoms with van der Waals surface area (Å²) in [7, 11) is 0. The maximum atomic E-state index is 12.6. The van der Waals surface area contributed by atoms with Gasteiger partial charge in [0.05, 0.1) is 17.9 Å². The summed E-state index contributed by atoms with van der Waals surface area (Å²) in [6, 6.07) is 7.69. The highest BCUT2D eigenvalue weighted by Crippen LogP contribution is 2.30. The molecule has 0 unspecified atom stereocenters. The van der Waals surface area contributed by atoms with Crippen LogP contribution in [-0.4, -0.2) is 34.7 Å². The SMILES string of the molecule is C[C@@H]1Cc2c(C(=O)NCc3cccc(N4CCC4=O)c3)n[nH]c2[C@H](C)O1. The zero-order chi connectivity index (χ0) is 18.3. The first-order valence-electron chi connectivity index (χ1n) is 8.93. The van der Waals surface area contributed by atoms with Crippen LogP contribution in [0, 0.1) is 0 Å². The van der Waals surface area contributed by atoms with E-state index in [1.165, 1.54) is 0 Å². The minimum absolute atomic E-state index is 0.0624. The molecule has 0 bridgehead atoms. The molecule has 0 aliphatic carbocycles. The Balaban J connectivity index is 1.45. The number of hydrogen-bond acceptors (Lipinski definition) is 4. The van der Waals surface area contributed by atoms with Crippen LogP contribution < -0.4 is 10.2 Å². The number of anilines is 1. The number of carbonyl (C=O) groups is 2. The zero-order valence-corrected chi connectivity index (χ0v) is 14.9. The maximum Gasteiger partial charge on any atom is 0.272 e. The molecule has 2 aliphatic rings. The lowest BCUT2D eigenvalue weighted by Crippen LogP contribution is -2.43. The summed E-state index contributed by atoms with van der Waals surface area (Å²) in [5, 5.41) is 10.1. The smallest absolute Gasteiger partial charge is 0.272 e. The van der Waals surface area contributed by atoms with E-state index in [0.29, 0.717) is 25.1 Å². The summed E-state index contributed by atoms with van der Waals surface area (Å²) in [5.41, 5.74) is 4.09. The van der Waals surface area contributed by atoms with Gasteiger partial charge in [0.1, 0.15) is 0 Å². The molecule has 7 heteroatoms. The van der Waals surface area contributed by atoms with Gasteiger partial charge in [0.15, 0.2) is 5.69 Å². The quantitative estimate of drug-likeness (QED) is 0.823. The van der Waals surface area contributed by atoms with E-state index in [1.807, 2.05) is 38.1 Å². The van der Waals surface area contributed by atoms with E-state index < -0.39 is 0 Å². The number of ether oxygens (including phenoxy) is 1. The minimum atomic E-state index is -0.200. The van der Waals surface area contributed by atoms with Crippen molar-refractivity contribution in [1.82, 2.24) is 15.5 Å². The van der Waals surface area contributed by atoms with Gasteiger partial charge < -0.3 is 15.0 Å². The molecule has 3 heterocycles. The molecule has 0 spiro atoms. The van der Waals surface area contributed by atoms with Gasteiger partial charge in [-0.15, -0.1) is 0 Å². The Hall–Kier alpha value is -2.67. The molecule has 7 nitrogen and oxygen atoms in total. The molecule has 2 aromatic rings. The Morgan fingerprint density at radius 1 is 1.42 bits per heavy atom. The molecule has 2 atom stereocenters. The highest BCUT2D eigenvalue weighted by Gasteiger charge is 2.29. The van der Waals surface area contributed by atoms with Crippen LogP contribution in [0.25, 0.3) is 0 Å². The van der Waals surface area contributed by atoms with Crippen molar-refractivity contribution in [3.05, 3.63) is 46.8 Å². The van der Waals surface area contributed by atoms with Crippen LogP contribution in [0.5, 0.6) is 0 Å². The molecule has 136 valence electrons. The molecule has 2 amide bonds. The van der Waals surface area contributed by atoms with Crippen molar-refractivity contribution < 1.29 is 14.3 Å². The molecular formula is C19H22N4O3. The van der Waals surface area contributed by atoms with Gasteiger partial charge in [0, 0.05) is 37.2 Å². The standard InChI is InChI=1S/C19H22N4O3/c1-11-8-15-17(12(2)26-11)21-22-18(15)19(25)20-10-13-4-3-5-14(9-13)23-7-6-16(23)24/h3-5,9,11-12H,6-8,10H2,1-2H3,(H,20,25)(H,21,22)/t11-,12+/m1/s1. The van der Waals surface area contributed by atoms with Gasteiger partial charge in [-0.2, -0.15) is 5.10 Å². The van der Waals surface area contributed by atoms with E-state index in [0.717, 1.165) is 29.1 Å². The summed E-state index contributed by atoms with van der Waals surface area (Å²) >= 11 is 0. The number of rotatable bonds is 4. The van der Waals surface area contributed by atoms with Crippen molar-refractivity contribution in [3.8, 4) is 0 Å². The van der Waals surface area contributed by atoms with E-state index in [2.05, 4.69) is 15.5 Å². The third-order valence-corrected chi connectivity index (χ3v) is 4.97. The Morgan fingerprint density at radius 2 is 2.27 bits per heavy atom. The van der Waals surface area contributed by atoms with Gasteiger partial charge in [-0.1, -0.05) is 12.1 Å². The second-order valence-electron chi connectivity index (χ2n) is 6.91. The fourth-order valence-electron chi connectivity index (χ4n) is 3.55. The van der Waals surface area contributed by atoms with Gasteiger partial charge in [0.25, 0.3) is 5.91 Å². The Morgan fingerprint density at radius 3 is 3.00 bits per heavy atom. The van der Waals surface area contributed by atoms with Crippen molar-refractivity contribution >= 4 is 17.5 Å². The zero-order valence-electron chi connectivity index (χ0n) is 14.9. The predicted molar refractivity (Wildman–Crippen MR) is 95.8 cm³/mol. The number of aromatic nitrogens is 2. The van der Waals surface area contributed by atoms with Crippen LogP contribution in [0.4, 0.5) is 5.69 Å². The van der Waals surface area contributed by atoms with Crippen molar-refractivity contribution in [3.63, 3.8) is 0 Å². The first-order chi connectivity index (χ1) is 12.5. The lowest BCUT2D eigenvalue weighted by atomic mass is 9.99. The molecule has 0 radical (unpaired) electrons. The Kier molecular flexibility index (Phi) is 4.24. The van der Waals surface area contributed by atoms with E-state index in [1.54, 1.807) is 4.90 Å². The number of nitrogens with zero attached hydrogens (tertiary/aromatic N) is 2. The number of nitrogens with one attached hydrogen (secondary N) is 2. The third kappa shape index (κ3) is 2.99. The highest BCUT2D eigenvalue weighted by molar-refractivity contribution is 5.99. The third-order valence-electron chi connectivity index (χ3n) is 4.97. The molecule has 1 aromatic carbocycles. The van der Waals surface area contributed by atoms with Gasteiger partial charge in [0.2, 0.25) is 5.91 Å². The van der Waals surface area contributed by atoms with Crippen molar-refractivity contribution in [2.75, 3.05) is 11.4 Å². The summed E-state index contributed by atoms with van der Waals surface area (Å²) < 4.78 is 5.76. The number of carbonyl (C=O) groups excluding carboxylic acids is 2. The number of hydrogen-bond donors (Lipinski definition) is 2. The molecule has 0 saturated carbocycles. The van der Waals surface area contributed by atoms with Gasteiger partial charge in [-0.3, -0.25) is 14.7 Å². The average molecular weight is 354 g/mol. The number of benzene rings is 1. The highest BCUT2D eigenvalue weighted by atomic mass is 16.5. The monoisotopic (exact) mass is 354 g/mol. The van der Waals surface area contributed by atoms with Crippen LogP contribution in [0.2, 0.25) is 0 Å². The molecule has 4 rings (SSSR count). The molecule has 2 N–H and O–H groups in total. The number of β-lactam (4-membered cyclic amide) rings is 1. The maximum absolute atomic E-state index is 12.6. The average Bonchev–Trinajstić information content (AvgIpc) is 3.03. The van der Waals surface area contributed by atoms with Crippen LogP contribution in [0.1, 0.15) is 53.7 Å². The van der Waals surface area contributed by atoms with E-state index >= 15 is 0 Å². The molecule has 2 aliphatic heterocycles. The topological polar surface area (TPSA) is 87.3 Å². The molecule has 26 heavy (non-hydrogen) atoms. The largest absolute Gasteiger partial charge is 0.369 e. The van der Waals surface area contributed by atoms with Crippen molar-refractivity contribution in [2.45, 2.75) is 45.4 Å². The lowest BCUT2D eigenvalue weighted by Gasteiger charge is -2.30. The summed E-state index contributed by atoms with van der Waals surface area (Å²) in [4.78, 5) is 25.9. The second kappa shape index (κ2) is 6.57. The number of H-pyrrole nitrogens is 1.